The highest BCUT2D eigenvalue weighted by atomic mass is 32.1. The Hall–Kier alpha value is -0.870. The molecule has 0 bridgehead atoms. The standard InChI is InChI=1S/C16H23NO2S/c1-15(19,12-6-7-12)11-17-14(18)16(8-2-3-9-16)13-5-4-10-20-13/h4-5,10,12,19H,2-3,6-9,11H2,1H3,(H,17,18)/t15-/m1/s1. The molecule has 2 aliphatic carbocycles. The van der Waals surface area contributed by atoms with Crippen LogP contribution in [0.15, 0.2) is 17.5 Å². The molecule has 2 aliphatic rings. The first-order valence-electron chi connectivity index (χ1n) is 7.59. The van der Waals surface area contributed by atoms with E-state index in [2.05, 4.69) is 11.4 Å². The number of carbonyl (C=O) groups is 1. The van der Waals surface area contributed by atoms with E-state index in [0.29, 0.717) is 12.5 Å². The highest BCUT2D eigenvalue weighted by molar-refractivity contribution is 7.10. The zero-order valence-corrected chi connectivity index (χ0v) is 12.8. The molecule has 0 aromatic carbocycles. The van der Waals surface area contributed by atoms with Gasteiger partial charge in [0.2, 0.25) is 5.91 Å². The van der Waals surface area contributed by atoms with E-state index in [4.69, 9.17) is 0 Å². The SMILES string of the molecule is C[C@@](O)(CNC(=O)C1(c2cccs2)CCCC1)C1CC1. The Morgan fingerprint density at radius 3 is 2.75 bits per heavy atom. The molecule has 1 amide bonds. The quantitative estimate of drug-likeness (QED) is 0.877. The number of carbonyl (C=O) groups excluding carboxylic acids is 1. The van der Waals surface area contributed by atoms with Crippen LogP contribution in [-0.4, -0.2) is 23.2 Å². The Bertz CT molecular complexity index is 471. The molecule has 3 nitrogen and oxygen atoms in total. The molecule has 0 aliphatic heterocycles. The second-order valence-corrected chi connectivity index (χ2v) is 7.53. The molecule has 2 saturated carbocycles. The molecule has 2 N–H and O–H groups in total. The summed E-state index contributed by atoms with van der Waals surface area (Å²) in [6.07, 6.45) is 6.27. The molecule has 1 aromatic heterocycles. The van der Waals surface area contributed by atoms with Gasteiger partial charge in [-0.05, 0) is 50.0 Å². The van der Waals surface area contributed by atoms with Gasteiger partial charge in [0.15, 0.2) is 0 Å². The molecule has 0 radical (unpaired) electrons. The van der Waals surface area contributed by atoms with Crippen LogP contribution in [0.25, 0.3) is 0 Å². The van der Waals surface area contributed by atoms with Gasteiger partial charge in [-0.25, -0.2) is 0 Å². The number of thiophene rings is 1. The first-order chi connectivity index (χ1) is 9.55. The van der Waals surface area contributed by atoms with Crippen LogP contribution < -0.4 is 5.32 Å². The van der Waals surface area contributed by atoms with Crippen LogP contribution in [0.3, 0.4) is 0 Å². The predicted octanol–water partition coefficient (Wildman–Crippen LogP) is 2.84. The van der Waals surface area contributed by atoms with Crippen LogP contribution >= 0.6 is 11.3 Å². The normalized spacial score (nSPS) is 24.3. The van der Waals surface area contributed by atoms with Gasteiger partial charge in [-0.1, -0.05) is 18.9 Å². The first kappa shape index (κ1) is 14.1. The summed E-state index contributed by atoms with van der Waals surface area (Å²) >= 11 is 1.68. The van der Waals surface area contributed by atoms with Crippen LogP contribution in [0.2, 0.25) is 0 Å². The lowest BCUT2D eigenvalue weighted by Gasteiger charge is -2.30. The fraction of sp³-hybridized carbons (Fsp3) is 0.688. The van der Waals surface area contributed by atoms with Crippen LogP contribution in [0.1, 0.15) is 50.3 Å². The van der Waals surface area contributed by atoms with Gasteiger partial charge in [-0.15, -0.1) is 11.3 Å². The van der Waals surface area contributed by atoms with Gasteiger partial charge in [-0.2, -0.15) is 0 Å². The number of nitrogens with one attached hydrogen (secondary N) is 1. The van der Waals surface area contributed by atoms with E-state index in [-0.39, 0.29) is 11.3 Å². The van der Waals surface area contributed by atoms with Crippen molar-refractivity contribution in [3.63, 3.8) is 0 Å². The van der Waals surface area contributed by atoms with Crippen LogP contribution in [-0.2, 0) is 10.2 Å². The Morgan fingerprint density at radius 2 is 2.20 bits per heavy atom. The maximum absolute atomic E-state index is 12.7. The Labute approximate surface area is 124 Å². The fourth-order valence-corrected chi connectivity index (χ4v) is 4.38. The Kier molecular flexibility index (Phi) is 3.63. The van der Waals surface area contributed by atoms with Gasteiger partial charge in [-0.3, -0.25) is 4.79 Å². The minimum atomic E-state index is -0.745. The average molecular weight is 293 g/mol. The van der Waals surface area contributed by atoms with Gasteiger partial charge >= 0.3 is 0 Å². The predicted molar refractivity (Wildman–Crippen MR) is 80.8 cm³/mol. The lowest BCUT2D eigenvalue weighted by atomic mass is 9.83. The van der Waals surface area contributed by atoms with E-state index in [9.17, 15) is 9.90 Å². The largest absolute Gasteiger partial charge is 0.388 e. The molecule has 4 heteroatoms. The minimum absolute atomic E-state index is 0.110. The number of amides is 1. The van der Waals surface area contributed by atoms with Crippen molar-refractivity contribution in [3.8, 4) is 0 Å². The first-order valence-corrected chi connectivity index (χ1v) is 8.47. The summed E-state index contributed by atoms with van der Waals surface area (Å²) in [5.74, 6) is 0.474. The third-order valence-corrected chi connectivity index (χ3v) is 6.02. The lowest BCUT2D eigenvalue weighted by molar-refractivity contribution is -0.127. The van der Waals surface area contributed by atoms with E-state index >= 15 is 0 Å². The monoisotopic (exact) mass is 293 g/mol. The molecule has 0 spiro atoms. The maximum atomic E-state index is 12.7. The third-order valence-electron chi connectivity index (χ3n) is 4.95. The van der Waals surface area contributed by atoms with Gasteiger partial charge in [0.1, 0.15) is 0 Å². The van der Waals surface area contributed by atoms with Crippen molar-refractivity contribution in [2.24, 2.45) is 5.92 Å². The van der Waals surface area contributed by atoms with Crippen molar-refractivity contribution >= 4 is 17.2 Å². The topological polar surface area (TPSA) is 49.3 Å². The summed E-state index contributed by atoms with van der Waals surface area (Å²) in [5.41, 5.74) is -1.08. The number of rotatable bonds is 5. The van der Waals surface area contributed by atoms with Crippen LogP contribution in [0.4, 0.5) is 0 Å². The molecule has 20 heavy (non-hydrogen) atoms. The smallest absolute Gasteiger partial charge is 0.231 e. The van der Waals surface area contributed by atoms with Crippen molar-refractivity contribution in [2.45, 2.75) is 56.5 Å². The summed E-state index contributed by atoms with van der Waals surface area (Å²) in [7, 11) is 0. The van der Waals surface area contributed by atoms with Crippen molar-refractivity contribution in [2.75, 3.05) is 6.54 Å². The molecule has 0 unspecified atom stereocenters. The van der Waals surface area contributed by atoms with E-state index in [1.165, 1.54) is 4.88 Å². The summed E-state index contributed by atoms with van der Waals surface area (Å²) in [5, 5.41) is 15.4. The maximum Gasteiger partial charge on any atom is 0.231 e. The van der Waals surface area contributed by atoms with E-state index in [0.717, 1.165) is 38.5 Å². The molecule has 0 saturated heterocycles. The van der Waals surface area contributed by atoms with Gasteiger partial charge in [0, 0.05) is 11.4 Å². The summed E-state index contributed by atoms with van der Waals surface area (Å²) in [4.78, 5) is 13.9. The molecular formula is C16H23NO2S. The average Bonchev–Trinajstić information content (AvgIpc) is 2.95. The van der Waals surface area contributed by atoms with Gasteiger partial charge < -0.3 is 10.4 Å². The van der Waals surface area contributed by atoms with E-state index in [1.807, 2.05) is 18.4 Å². The van der Waals surface area contributed by atoms with Crippen molar-refractivity contribution < 1.29 is 9.90 Å². The molecule has 1 atom stereocenters. The van der Waals surface area contributed by atoms with Crippen LogP contribution in [0, 0.1) is 5.92 Å². The molecule has 3 rings (SSSR count). The minimum Gasteiger partial charge on any atom is -0.388 e. The second kappa shape index (κ2) is 5.15. The van der Waals surface area contributed by atoms with Crippen molar-refractivity contribution in [1.29, 1.82) is 0 Å². The van der Waals surface area contributed by atoms with Gasteiger partial charge in [0.25, 0.3) is 0 Å². The highest BCUT2D eigenvalue weighted by Gasteiger charge is 2.45. The molecule has 1 heterocycles. The van der Waals surface area contributed by atoms with Crippen molar-refractivity contribution in [1.82, 2.24) is 5.32 Å². The number of aliphatic hydroxyl groups is 1. The van der Waals surface area contributed by atoms with Crippen LogP contribution in [0.5, 0.6) is 0 Å². The Balaban J connectivity index is 1.70. The molecule has 2 fully saturated rings. The Morgan fingerprint density at radius 1 is 1.50 bits per heavy atom. The highest BCUT2D eigenvalue weighted by Crippen LogP contribution is 2.44. The molecule has 110 valence electrons. The van der Waals surface area contributed by atoms with E-state index < -0.39 is 5.60 Å². The van der Waals surface area contributed by atoms with Gasteiger partial charge in [0.05, 0.1) is 11.0 Å². The molecular weight excluding hydrogens is 270 g/mol. The zero-order chi connectivity index (χ0) is 14.2. The second-order valence-electron chi connectivity index (χ2n) is 6.58. The third kappa shape index (κ3) is 2.51. The summed E-state index contributed by atoms with van der Waals surface area (Å²) < 4.78 is 0. The van der Waals surface area contributed by atoms with E-state index in [1.54, 1.807) is 11.3 Å². The summed E-state index contributed by atoms with van der Waals surface area (Å²) in [6.45, 7) is 2.22. The summed E-state index contributed by atoms with van der Waals surface area (Å²) in [6, 6.07) is 4.10. The van der Waals surface area contributed by atoms with Crippen molar-refractivity contribution in [3.05, 3.63) is 22.4 Å². The number of hydrogen-bond donors (Lipinski definition) is 2. The lowest BCUT2D eigenvalue weighted by Crippen LogP contribution is -2.48. The molecule has 1 aromatic rings. The number of hydrogen-bond acceptors (Lipinski definition) is 3. The zero-order valence-electron chi connectivity index (χ0n) is 12.0. The fourth-order valence-electron chi connectivity index (χ4n) is 3.39.